The number of rotatable bonds is 4. The van der Waals surface area contributed by atoms with Gasteiger partial charge in [-0.25, -0.2) is 4.90 Å². The first-order valence-corrected chi connectivity index (χ1v) is 12.0. The highest BCUT2D eigenvalue weighted by Crippen LogP contribution is 2.54. The van der Waals surface area contributed by atoms with Crippen LogP contribution >= 0.6 is 0 Å². The summed E-state index contributed by atoms with van der Waals surface area (Å²) < 4.78 is 46.8. The second-order valence-electron chi connectivity index (χ2n) is 9.45. The number of nitrogens with zero attached hydrogens (tertiary/aromatic N) is 2. The van der Waals surface area contributed by atoms with Crippen LogP contribution in [0, 0.1) is 11.8 Å². The Labute approximate surface area is 215 Å². The molecule has 3 aromatic rings. The molecule has 3 aliphatic rings. The molecule has 0 spiro atoms. The van der Waals surface area contributed by atoms with E-state index >= 15 is 0 Å². The van der Waals surface area contributed by atoms with Gasteiger partial charge in [0, 0.05) is 11.8 Å². The van der Waals surface area contributed by atoms with Crippen LogP contribution in [-0.4, -0.2) is 35.6 Å². The van der Waals surface area contributed by atoms with E-state index in [0.717, 1.165) is 23.3 Å². The summed E-state index contributed by atoms with van der Waals surface area (Å²) in [6.07, 6.45) is -1.27. The summed E-state index contributed by atoms with van der Waals surface area (Å²) >= 11 is 0. The minimum atomic E-state index is -4.78. The summed E-state index contributed by atoms with van der Waals surface area (Å²) in [6.45, 7) is 0. The normalized spacial score (nSPS) is 23.8. The Hall–Kier alpha value is -4.40. The van der Waals surface area contributed by atoms with E-state index in [9.17, 15) is 27.6 Å². The molecule has 6 rings (SSSR count). The Balaban J connectivity index is 1.50. The van der Waals surface area contributed by atoms with Gasteiger partial charge in [0.25, 0.3) is 0 Å². The molecule has 3 heterocycles. The van der Waals surface area contributed by atoms with Crippen LogP contribution in [0.4, 0.5) is 18.9 Å². The predicted molar refractivity (Wildman–Crippen MR) is 132 cm³/mol. The molecule has 4 atom stereocenters. The maximum absolute atomic E-state index is 13.9. The monoisotopic (exact) mass is 518 g/mol. The zero-order chi connectivity index (χ0) is 26.8. The fourth-order valence-electron chi connectivity index (χ4n) is 5.93. The van der Waals surface area contributed by atoms with Crippen LogP contribution in [0.1, 0.15) is 33.1 Å². The van der Waals surface area contributed by atoms with Crippen LogP contribution in [0.3, 0.4) is 0 Å². The van der Waals surface area contributed by atoms with Gasteiger partial charge in [-0.1, -0.05) is 36.4 Å². The molecule has 192 valence electrons. The molecule has 0 N–H and O–H groups in total. The Kier molecular flexibility index (Phi) is 5.41. The van der Waals surface area contributed by atoms with E-state index in [1.807, 2.05) is 24.3 Å². The number of hydrogen-bond donors (Lipinski definition) is 0. The van der Waals surface area contributed by atoms with Crippen molar-refractivity contribution >= 4 is 29.4 Å². The lowest BCUT2D eigenvalue weighted by Gasteiger charge is -2.35. The molecule has 2 amide bonds. The van der Waals surface area contributed by atoms with Crippen LogP contribution in [-0.2, 0) is 15.8 Å². The number of amides is 2. The van der Waals surface area contributed by atoms with Gasteiger partial charge in [-0.15, -0.1) is 0 Å². The van der Waals surface area contributed by atoms with E-state index < -0.39 is 58.9 Å². The summed E-state index contributed by atoms with van der Waals surface area (Å²) in [4.78, 5) is 44.0. The van der Waals surface area contributed by atoms with Crippen LogP contribution in [0.2, 0.25) is 0 Å². The van der Waals surface area contributed by atoms with Crippen molar-refractivity contribution in [1.29, 1.82) is 0 Å². The molecule has 0 saturated carbocycles. The summed E-state index contributed by atoms with van der Waals surface area (Å²) in [5, 5.41) is 0. The number of ether oxygens (including phenoxy) is 1. The van der Waals surface area contributed by atoms with Gasteiger partial charge in [0.05, 0.1) is 36.2 Å². The molecule has 9 heteroatoms. The Morgan fingerprint density at radius 1 is 0.868 bits per heavy atom. The molecule has 3 aromatic carbocycles. The van der Waals surface area contributed by atoms with Crippen molar-refractivity contribution < 1.29 is 32.3 Å². The average Bonchev–Trinajstić information content (AvgIpc) is 3.40. The number of imide groups is 1. The fourth-order valence-corrected chi connectivity index (χ4v) is 5.93. The predicted octanol–water partition coefficient (Wildman–Crippen LogP) is 5.11. The number of hydrogen-bond acceptors (Lipinski definition) is 5. The Bertz CT molecular complexity index is 1500. The molecule has 0 aromatic heterocycles. The number of methoxy groups -OCH3 is 1. The molecular weight excluding hydrogens is 497 g/mol. The third-order valence-electron chi connectivity index (χ3n) is 7.56. The van der Waals surface area contributed by atoms with Crippen molar-refractivity contribution in [2.45, 2.75) is 18.3 Å². The topological polar surface area (TPSA) is 66.9 Å². The number of para-hydroxylation sites is 1. The lowest BCUT2D eigenvalue weighted by molar-refractivity contribution is -0.137. The van der Waals surface area contributed by atoms with E-state index in [-0.39, 0.29) is 0 Å². The SMILES string of the molecule is COc1ccc(C(=O)[C@H]2[C@@H]3C(=O)N(c4ccccc4C(F)(F)F)C(=O)[C@@H]3[C@H]3c4ccccc4C=CN32)cc1. The average molecular weight is 518 g/mol. The summed E-state index contributed by atoms with van der Waals surface area (Å²) in [6, 6.07) is 16.4. The Morgan fingerprint density at radius 2 is 1.53 bits per heavy atom. The lowest BCUT2D eigenvalue weighted by Crippen LogP contribution is -2.44. The fraction of sp³-hybridized carbons (Fsp3) is 0.207. The van der Waals surface area contributed by atoms with E-state index in [2.05, 4.69) is 0 Å². The van der Waals surface area contributed by atoms with Crippen molar-refractivity contribution in [1.82, 2.24) is 4.90 Å². The van der Waals surface area contributed by atoms with Crippen molar-refractivity contribution in [3.63, 3.8) is 0 Å². The van der Waals surface area contributed by atoms with Crippen molar-refractivity contribution in [2.24, 2.45) is 11.8 Å². The van der Waals surface area contributed by atoms with Crippen LogP contribution in [0.25, 0.3) is 6.08 Å². The first kappa shape index (κ1) is 24.0. The zero-order valence-corrected chi connectivity index (χ0v) is 20.1. The molecule has 0 unspecified atom stereocenters. The second-order valence-corrected chi connectivity index (χ2v) is 9.45. The molecule has 3 aliphatic heterocycles. The highest BCUT2D eigenvalue weighted by atomic mass is 19.4. The van der Waals surface area contributed by atoms with Crippen LogP contribution < -0.4 is 9.64 Å². The van der Waals surface area contributed by atoms with Gasteiger partial charge >= 0.3 is 6.18 Å². The smallest absolute Gasteiger partial charge is 0.418 e. The maximum atomic E-state index is 13.9. The number of carbonyl (C=O) groups excluding carboxylic acids is 3. The number of halogens is 3. The van der Waals surface area contributed by atoms with Gasteiger partial charge in [-0.3, -0.25) is 14.4 Å². The third kappa shape index (κ3) is 3.45. The summed E-state index contributed by atoms with van der Waals surface area (Å²) in [7, 11) is 1.50. The highest BCUT2D eigenvalue weighted by Gasteiger charge is 2.65. The molecule has 38 heavy (non-hydrogen) atoms. The van der Waals surface area contributed by atoms with E-state index in [1.165, 1.54) is 19.2 Å². The molecule has 2 saturated heterocycles. The second kappa shape index (κ2) is 8.58. The van der Waals surface area contributed by atoms with E-state index in [4.69, 9.17) is 4.74 Å². The van der Waals surface area contributed by atoms with Gasteiger partial charge < -0.3 is 9.64 Å². The first-order chi connectivity index (χ1) is 18.2. The molecule has 6 nitrogen and oxygen atoms in total. The number of fused-ring (bicyclic) bond motifs is 5. The number of ketones is 1. The number of carbonyl (C=O) groups is 3. The summed E-state index contributed by atoms with van der Waals surface area (Å²) in [5.41, 5.74) is 0.255. The molecule has 0 aliphatic carbocycles. The van der Waals surface area contributed by atoms with Gasteiger partial charge in [-0.05, 0) is 53.6 Å². The number of Topliss-reactive ketones (excluding diaryl/α,β-unsaturated/α-hetero) is 1. The highest BCUT2D eigenvalue weighted by molar-refractivity contribution is 6.25. The number of alkyl halides is 3. The lowest BCUT2D eigenvalue weighted by atomic mass is 9.83. The molecular formula is C29H21F3N2O4. The number of anilines is 1. The van der Waals surface area contributed by atoms with Gasteiger partial charge in [0.2, 0.25) is 11.8 Å². The third-order valence-corrected chi connectivity index (χ3v) is 7.56. The standard InChI is InChI=1S/C29H21F3N2O4/c1-38-18-12-10-17(11-13-18)26(35)25-23-22(24-19-7-3-2-6-16(19)14-15-33(24)25)27(36)34(28(23)37)21-9-5-4-8-20(21)29(30,31)32/h2-15,22-25H,1H3/t22-,23+,24+,25+/m0/s1. The molecule has 0 radical (unpaired) electrons. The van der Waals surface area contributed by atoms with Gasteiger partial charge in [-0.2, -0.15) is 13.2 Å². The van der Waals surface area contributed by atoms with Gasteiger partial charge in [0.15, 0.2) is 5.78 Å². The largest absolute Gasteiger partial charge is 0.497 e. The number of benzene rings is 3. The maximum Gasteiger partial charge on any atom is 0.418 e. The van der Waals surface area contributed by atoms with Crippen molar-refractivity contribution in [3.8, 4) is 5.75 Å². The minimum Gasteiger partial charge on any atom is -0.497 e. The van der Waals surface area contributed by atoms with E-state index in [0.29, 0.717) is 16.2 Å². The Morgan fingerprint density at radius 3 is 2.24 bits per heavy atom. The molecule has 0 bridgehead atoms. The zero-order valence-electron chi connectivity index (χ0n) is 20.1. The first-order valence-electron chi connectivity index (χ1n) is 12.0. The molecule has 2 fully saturated rings. The van der Waals surface area contributed by atoms with Crippen molar-refractivity contribution in [3.05, 3.63) is 101 Å². The summed E-state index contributed by atoms with van der Waals surface area (Å²) in [5.74, 6) is -3.63. The van der Waals surface area contributed by atoms with Crippen LogP contribution in [0.15, 0.2) is 79.0 Å². The van der Waals surface area contributed by atoms with Crippen LogP contribution in [0.5, 0.6) is 5.75 Å². The quantitative estimate of drug-likeness (QED) is 0.355. The van der Waals surface area contributed by atoms with E-state index in [1.54, 1.807) is 41.4 Å². The minimum absolute atomic E-state index is 0.303. The van der Waals surface area contributed by atoms with Crippen molar-refractivity contribution in [2.75, 3.05) is 12.0 Å². The van der Waals surface area contributed by atoms with Gasteiger partial charge in [0.1, 0.15) is 11.8 Å².